The first-order valence-corrected chi connectivity index (χ1v) is 9.08. The van der Waals surface area contributed by atoms with Crippen LogP contribution in [0.3, 0.4) is 0 Å². The van der Waals surface area contributed by atoms with Crippen LogP contribution in [0.1, 0.15) is 15.9 Å². The predicted molar refractivity (Wildman–Crippen MR) is 110 cm³/mol. The summed E-state index contributed by atoms with van der Waals surface area (Å²) < 4.78 is 5.93. The number of aromatic carboxylic acids is 1. The summed E-state index contributed by atoms with van der Waals surface area (Å²) in [6.07, 6.45) is 1.76. The zero-order chi connectivity index (χ0) is 19.5. The molecule has 0 aliphatic carbocycles. The van der Waals surface area contributed by atoms with Crippen molar-refractivity contribution in [1.82, 2.24) is 4.98 Å². The van der Waals surface area contributed by atoms with Crippen LogP contribution in [0.5, 0.6) is 5.75 Å². The van der Waals surface area contributed by atoms with Crippen molar-refractivity contribution < 1.29 is 14.6 Å². The highest BCUT2D eigenvalue weighted by Gasteiger charge is 2.10. The second-order valence-electron chi connectivity index (χ2n) is 6.35. The van der Waals surface area contributed by atoms with Crippen LogP contribution in [0.25, 0.3) is 22.0 Å². The van der Waals surface area contributed by atoms with Crippen LogP contribution in [0.2, 0.25) is 5.02 Å². The van der Waals surface area contributed by atoms with E-state index < -0.39 is 5.97 Å². The lowest BCUT2D eigenvalue weighted by atomic mass is 10.0. The molecule has 0 atom stereocenters. The van der Waals surface area contributed by atoms with Gasteiger partial charge in [0.25, 0.3) is 0 Å². The van der Waals surface area contributed by atoms with Crippen molar-refractivity contribution in [1.29, 1.82) is 0 Å². The smallest absolute Gasteiger partial charge is 0.337 e. The van der Waals surface area contributed by atoms with E-state index >= 15 is 0 Å². The number of aromatic nitrogens is 1. The minimum atomic E-state index is -1.04. The molecule has 1 aromatic heterocycles. The van der Waals surface area contributed by atoms with Gasteiger partial charge in [0.05, 0.1) is 16.1 Å². The minimum Gasteiger partial charge on any atom is -0.489 e. The second kappa shape index (κ2) is 7.71. The first-order valence-electron chi connectivity index (χ1n) is 8.70. The molecule has 0 saturated heterocycles. The number of hydrogen-bond donors (Lipinski definition) is 1. The van der Waals surface area contributed by atoms with Crippen LogP contribution < -0.4 is 4.74 Å². The number of carbonyl (C=O) groups is 1. The Bertz CT molecular complexity index is 1170. The van der Waals surface area contributed by atoms with E-state index in [0.717, 1.165) is 33.3 Å². The van der Waals surface area contributed by atoms with Gasteiger partial charge in [-0.15, -0.1) is 0 Å². The van der Waals surface area contributed by atoms with E-state index in [1.165, 1.54) is 0 Å². The van der Waals surface area contributed by atoms with Crippen molar-refractivity contribution in [2.24, 2.45) is 0 Å². The number of benzene rings is 3. The normalized spacial score (nSPS) is 10.8. The molecule has 28 heavy (non-hydrogen) atoms. The van der Waals surface area contributed by atoms with Crippen molar-refractivity contribution in [2.45, 2.75) is 6.61 Å². The molecule has 0 spiro atoms. The van der Waals surface area contributed by atoms with E-state index in [1.807, 2.05) is 60.7 Å². The average Bonchev–Trinajstić information content (AvgIpc) is 2.72. The molecule has 1 heterocycles. The van der Waals surface area contributed by atoms with Crippen LogP contribution in [-0.4, -0.2) is 16.1 Å². The number of carboxylic acid groups (broad SMARTS) is 1. The van der Waals surface area contributed by atoms with E-state index in [1.54, 1.807) is 18.3 Å². The number of halogens is 1. The van der Waals surface area contributed by atoms with Gasteiger partial charge < -0.3 is 9.84 Å². The lowest BCUT2D eigenvalue weighted by Gasteiger charge is -2.10. The Kier molecular flexibility index (Phi) is 4.96. The zero-order valence-electron chi connectivity index (χ0n) is 14.8. The summed E-state index contributed by atoms with van der Waals surface area (Å²) in [5.74, 6) is -0.275. The molecule has 0 fully saturated rings. The molecular weight excluding hydrogens is 374 g/mol. The molecule has 4 aromatic rings. The van der Waals surface area contributed by atoms with Gasteiger partial charge in [0.15, 0.2) is 0 Å². The highest BCUT2D eigenvalue weighted by molar-refractivity contribution is 6.33. The van der Waals surface area contributed by atoms with E-state index in [9.17, 15) is 9.90 Å². The Balaban J connectivity index is 1.55. The first kappa shape index (κ1) is 18.0. The van der Waals surface area contributed by atoms with Crippen molar-refractivity contribution in [3.05, 3.63) is 95.1 Å². The fourth-order valence-corrected chi connectivity index (χ4v) is 3.22. The third-order valence-corrected chi connectivity index (χ3v) is 4.77. The van der Waals surface area contributed by atoms with Crippen molar-refractivity contribution in [2.75, 3.05) is 0 Å². The zero-order valence-corrected chi connectivity index (χ0v) is 15.6. The Labute approximate surface area is 167 Å². The van der Waals surface area contributed by atoms with Crippen LogP contribution in [-0.2, 0) is 6.61 Å². The maximum Gasteiger partial charge on any atom is 0.337 e. The molecule has 0 unspecified atom stereocenters. The monoisotopic (exact) mass is 389 g/mol. The molecule has 1 N–H and O–H groups in total. The Morgan fingerprint density at radius 2 is 1.82 bits per heavy atom. The number of rotatable bonds is 5. The van der Waals surface area contributed by atoms with Gasteiger partial charge in [-0.2, -0.15) is 0 Å². The average molecular weight is 390 g/mol. The molecule has 0 aliphatic rings. The maximum absolute atomic E-state index is 11.3. The van der Waals surface area contributed by atoms with E-state index in [-0.39, 0.29) is 10.6 Å². The molecule has 0 saturated carbocycles. The lowest BCUT2D eigenvalue weighted by molar-refractivity contribution is 0.0697. The van der Waals surface area contributed by atoms with Gasteiger partial charge in [0.2, 0.25) is 0 Å². The number of hydrogen-bond acceptors (Lipinski definition) is 3. The summed E-state index contributed by atoms with van der Waals surface area (Å²) in [5, 5.41) is 10.5. The largest absolute Gasteiger partial charge is 0.489 e. The summed E-state index contributed by atoms with van der Waals surface area (Å²) in [6, 6.07) is 22.5. The fourth-order valence-electron chi connectivity index (χ4n) is 3.02. The van der Waals surface area contributed by atoms with Crippen molar-refractivity contribution in [3.63, 3.8) is 0 Å². The molecule has 138 valence electrons. The van der Waals surface area contributed by atoms with Crippen LogP contribution >= 0.6 is 11.6 Å². The van der Waals surface area contributed by atoms with E-state index in [2.05, 4.69) is 4.98 Å². The molecule has 5 heteroatoms. The second-order valence-corrected chi connectivity index (χ2v) is 6.75. The molecule has 0 radical (unpaired) electrons. The highest BCUT2D eigenvalue weighted by Crippen LogP contribution is 2.27. The number of carboxylic acids is 1. The van der Waals surface area contributed by atoms with Gasteiger partial charge in [-0.05, 0) is 59.2 Å². The standard InChI is InChI=1S/C23H16ClNO3/c24-21-8-6-17(13-20(21)23(26)27)16-4-1-3-15(11-16)14-28-19-7-9-22-18(12-19)5-2-10-25-22/h1-13H,14H2,(H,26,27). The molecular formula is C23H16ClNO3. The highest BCUT2D eigenvalue weighted by atomic mass is 35.5. The van der Waals surface area contributed by atoms with Crippen LogP contribution in [0.15, 0.2) is 79.0 Å². The summed E-state index contributed by atoms with van der Waals surface area (Å²) in [5.41, 5.74) is 3.69. The van der Waals surface area contributed by atoms with Gasteiger partial charge in [-0.1, -0.05) is 41.9 Å². The van der Waals surface area contributed by atoms with Crippen molar-refractivity contribution in [3.8, 4) is 16.9 Å². The number of pyridine rings is 1. The molecule has 3 aromatic carbocycles. The van der Waals surface area contributed by atoms with Gasteiger partial charge in [0, 0.05) is 11.6 Å². The SMILES string of the molecule is O=C(O)c1cc(-c2cccc(COc3ccc4ncccc4c3)c2)ccc1Cl. The fraction of sp³-hybridized carbons (Fsp3) is 0.0435. The maximum atomic E-state index is 11.3. The molecule has 4 rings (SSSR count). The van der Waals surface area contributed by atoms with Gasteiger partial charge >= 0.3 is 5.97 Å². The molecule has 0 aliphatic heterocycles. The lowest BCUT2D eigenvalue weighted by Crippen LogP contribution is -1.98. The molecule has 0 bridgehead atoms. The van der Waals surface area contributed by atoms with Crippen LogP contribution in [0.4, 0.5) is 0 Å². The van der Waals surface area contributed by atoms with Gasteiger partial charge in [-0.25, -0.2) is 4.79 Å². The summed E-state index contributed by atoms with van der Waals surface area (Å²) in [6.45, 7) is 0.402. The summed E-state index contributed by atoms with van der Waals surface area (Å²) >= 11 is 5.96. The van der Waals surface area contributed by atoms with Gasteiger partial charge in [-0.3, -0.25) is 4.98 Å². The topological polar surface area (TPSA) is 59.4 Å². The summed E-state index contributed by atoms with van der Waals surface area (Å²) in [4.78, 5) is 15.6. The number of fused-ring (bicyclic) bond motifs is 1. The Hall–Kier alpha value is -3.37. The third-order valence-electron chi connectivity index (χ3n) is 4.44. The van der Waals surface area contributed by atoms with E-state index in [4.69, 9.17) is 16.3 Å². The molecule has 0 amide bonds. The summed E-state index contributed by atoms with van der Waals surface area (Å²) in [7, 11) is 0. The van der Waals surface area contributed by atoms with Gasteiger partial charge in [0.1, 0.15) is 12.4 Å². The Morgan fingerprint density at radius 3 is 2.68 bits per heavy atom. The predicted octanol–water partition coefficient (Wildman–Crippen LogP) is 5.83. The Morgan fingerprint density at radius 1 is 0.964 bits per heavy atom. The molecule has 4 nitrogen and oxygen atoms in total. The number of nitrogens with zero attached hydrogens (tertiary/aromatic N) is 1. The third kappa shape index (κ3) is 3.82. The first-order chi connectivity index (χ1) is 13.6. The van der Waals surface area contributed by atoms with Crippen LogP contribution in [0, 0.1) is 0 Å². The number of ether oxygens (including phenoxy) is 1. The van der Waals surface area contributed by atoms with E-state index in [0.29, 0.717) is 6.61 Å². The van der Waals surface area contributed by atoms with Crippen molar-refractivity contribution >= 4 is 28.5 Å². The quantitative estimate of drug-likeness (QED) is 0.466. The minimum absolute atomic E-state index is 0.0885.